The third-order valence-electron chi connectivity index (χ3n) is 2.01. The first kappa shape index (κ1) is 15.0. The monoisotopic (exact) mass is 321 g/mol. The lowest BCUT2D eigenvalue weighted by atomic mass is 10.5. The summed E-state index contributed by atoms with van der Waals surface area (Å²) < 4.78 is 38.8. The van der Waals surface area contributed by atoms with Crippen molar-refractivity contribution < 1.29 is 13.2 Å². The molecular weight excluding hydrogens is 311 g/mol. The zero-order valence-electron chi connectivity index (χ0n) is 10.5. The fourth-order valence-corrected chi connectivity index (χ4v) is 3.05. The second kappa shape index (κ2) is 5.92. The van der Waals surface area contributed by atoms with Gasteiger partial charge in [0.05, 0.1) is 0 Å². The molecular formula is C10H10F3N5S2. The molecule has 108 valence electrons. The first-order chi connectivity index (χ1) is 9.38. The lowest BCUT2D eigenvalue weighted by Gasteiger charge is -2.09. The van der Waals surface area contributed by atoms with E-state index in [1.165, 1.54) is 17.4 Å². The molecule has 2 aromatic rings. The molecule has 5 nitrogen and oxygen atoms in total. The summed E-state index contributed by atoms with van der Waals surface area (Å²) in [6.07, 6.45) is -4.59. The van der Waals surface area contributed by atoms with Crippen molar-refractivity contribution >= 4 is 28.9 Å². The second-order valence-corrected chi connectivity index (χ2v) is 6.08. The van der Waals surface area contributed by atoms with Crippen LogP contribution in [0.3, 0.4) is 0 Å². The van der Waals surface area contributed by atoms with Crippen molar-refractivity contribution in [3.8, 4) is 0 Å². The highest BCUT2D eigenvalue weighted by Gasteiger charge is 2.35. The minimum atomic E-state index is -4.59. The molecule has 0 saturated carbocycles. The van der Waals surface area contributed by atoms with Gasteiger partial charge >= 0.3 is 6.18 Å². The van der Waals surface area contributed by atoms with E-state index in [1.807, 2.05) is 0 Å². The number of alkyl halides is 3. The molecule has 0 saturated heterocycles. The molecule has 0 radical (unpaired) electrons. The highest BCUT2D eigenvalue weighted by Crippen LogP contribution is 2.33. The number of aromatic nitrogens is 4. The van der Waals surface area contributed by atoms with Crippen LogP contribution in [0.4, 0.5) is 19.0 Å². The molecule has 0 aromatic carbocycles. The minimum Gasteiger partial charge on any atom is -0.370 e. The van der Waals surface area contributed by atoms with Crippen LogP contribution in [-0.4, -0.2) is 26.7 Å². The van der Waals surface area contributed by atoms with Crippen LogP contribution < -0.4 is 5.32 Å². The molecule has 1 N–H and O–H groups in total. The highest BCUT2D eigenvalue weighted by molar-refractivity contribution is 8.01. The quantitative estimate of drug-likeness (QED) is 0.872. The van der Waals surface area contributed by atoms with E-state index in [9.17, 15) is 13.2 Å². The molecule has 0 amide bonds. The fourth-order valence-electron chi connectivity index (χ4n) is 1.28. The van der Waals surface area contributed by atoms with Crippen molar-refractivity contribution in [1.29, 1.82) is 0 Å². The Balaban J connectivity index is 2.33. The smallest absolute Gasteiger partial charge is 0.370 e. The van der Waals surface area contributed by atoms with E-state index >= 15 is 0 Å². The van der Waals surface area contributed by atoms with Crippen molar-refractivity contribution in [1.82, 2.24) is 20.2 Å². The summed E-state index contributed by atoms with van der Waals surface area (Å²) in [7, 11) is 0. The maximum atomic E-state index is 12.7. The maximum Gasteiger partial charge on any atom is 0.451 e. The molecule has 2 rings (SSSR count). The highest BCUT2D eigenvalue weighted by atomic mass is 32.2. The normalized spacial score (nSPS) is 11.7. The first-order valence-electron chi connectivity index (χ1n) is 5.56. The number of nitrogens with one attached hydrogen (secondary N) is 1. The van der Waals surface area contributed by atoms with Gasteiger partial charge in [-0.1, -0.05) is 11.3 Å². The van der Waals surface area contributed by atoms with E-state index in [0.29, 0.717) is 10.9 Å². The van der Waals surface area contributed by atoms with Gasteiger partial charge in [-0.15, -0.1) is 10.2 Å². The summed E-state index contributed by atoms with van der Waals surface area (Å²) in [5, 5.41) is 11.3. The first-order valence-corrected chi connectivity index (χ1v) is 7.20. The Bertz CT molecular complexity index is 599. The van der Waals surface area contributed by atoms with Gasteiger partial charge < -0.3 is 5.32 Å². The Hall–Kier alpha value is -1.42. The maximum absolute atomic E-state index is 12.7. The number of aryl methyl sites for hydroxylation is 1. The molecule has 0 aliphatic rings. The SMILES string of the molecule is CCNc1cc(Sc2nnc(C)s2)nc(C(F)(F)F)n1. The van der Waals surface area contributed by atoms with Crippen molar-refractivity contribution in [3.63, 3.8) is 0 Å². The van der Waals surface area contributed by atoms with Crippen LogP contribution in [-0.2, 0) is 6.18 Å². The summed E-state index contributed by atoms with van der Waals surface area (Å²) in [5.41, 5.74) is 0. The van der Waals surface area contributed by atoms with Crippen LogP contribution in [0.5, 0.6) is 0 Å². The largest absolute Gasteiger partial charge is 0.451 e. The molecule has 2 heterocycles. The summed E-state index contributed by atoms with van der Waals surface area (Å²) in [6.45, 7) is 4.01. The predicted molar refractivity (Wildman–Crippen MR) is 70.0 cm³/mol. The number of anilines is 1. The topological polar surface area (TPSA) is 63.6 Å². The molecule has 0 atom stereocenters. The molecule has 0 fully saturated rings. The molecule has 10 heteroatoms. The Morgan fingerprint density at radius 2 is 2.05 bits per heavy atom. The van der Waals surface area contributed by atoms with Gasteiger partial charge in [0.2, 0.25) is 5.82 Å². The summed E-state index contributed by atoms with van der Waals surface area (Å²) in [5.74, 6) is -1.03. The number of rotatable bonds is 4. The van der Waals surface area contributed by atoms with E-state index in [4.69, 9.17) is 0 Å². The Morgan fingerprint density at radius 1 is 1.30 bits per heavy atom. The van der Waals surface area contributed by atoms with Gasteiger partial charge in [-0.3, -0.25) is 0 Å². The van der Waals surface area contributed by atoms with Crippen LogP contribution in [0.1, 0.15) is 17.8 Å². The zero-order chi connectivity index (χ0) is 14.8. The van der Waals surface area contributed by atoms with Gasteiger partial charge in [0.25, 0.3) is 0 Å². The van der Waals surface area contributed by atoms with Crippen molar-refractivity contribution in [2.75, 3.05) is 11.9 Å². The molecule has 0 spiro atoms. The van der Waals surface area contributed by atoms with E-state index in [0.717, 1.165) is 16.8 Å². The minimum absolute atomic E-state index is 0.138. The van der Waals surface area contributed by atoms with Crippen molar-refractivity contribution in [3.05, 3.63) is 16.9 Å². The number of halogens is 3. The molecule has 0 aliphatic heterocycles. The van der Waals surface area contributed by atoms with Gasteiger partial charge in [-0.2, -0.15) is 13.2 Å². The second-order valence-electron chi connectivity index (χ2n) is 3.63. The van der Waals surface area contributed by atoms with Crippen LogP contribution in [0.25, 0.3) is 0 Å². The lowest BCUT2D eigenvalue weighted by molar-refractivity contribution is -0.145. The molecule has 20 heavy (non-hydrogen) atoms. The Labute approximate surface area is 121 Å². The van der Waals surface area contributed by atoms with E-state index < -0.39 is 12.0 Å². The van der Waals surface area contributed by atoms with Crippen LogP contribution in [0.15, 0.2) is 15.4 Å². The zero-order valence-corrected chi connectivity index (χ0v) is 12.2. The standard InChI is InChI=1S/C10H10F3N5S2/c1-3-14-6-4-7(16-8(15-6)10(11,12)13)20-9-18-17-5(2)19-9/h4H,3H2,1-2H3,(H,14,15,16). The molecule has 2 aromatic heterocycles. The van der Waals surface area contributed by atoms with E-state index in [1.54, 1.807) is 13.8 Å². The van der Waals surface area contributed by atoms with Gasteiger partial charge in [0.15, 0.2) is 4.34 Å². The molecule has 0 bridgehead atoms. The Morgan fingerprint density at radius 3 is 2.60 bits per heavy atom. The van der Waals surface area contributed by atoms with Gasteiger partial charge in [-0.25, -0.2) is 9.97 Å². The number of hydrogen-bond donors (Lipinski definition) is 1. The summed E-state index contributed by atoms with van der Waals surface area (Å²) in [6, 6.07) is 1.46. The third-order valence-corrected chi connectivity index (χ3v) is 3.82. The van der Waals surface area contributed by atoms with Gasteiger partial charge in [0.1, 0.15) is 15.9 Å². The molecule has 0 unspecified atom stereocenters. The third kappa shape index (κ3) is 3.79. The molecule has 0 aliphatic carbocycles. The van der Waals surface area contributed by atoms with Crippen LogP contribution >= 0.6 is 23.1 Å². The van der Waals surface area contributed by atoms with Crippen molar-refractivity contribution in [2.24, 2.45) is 0 Å². The fraction of sp³-hybridized carbons (Fsp3) is 0.400. The Kier molecular flexibility index (Phi) is 4.43. The summed E-state index contributed by atoms with van der Waals surface area (Å²) >= 11 is 2.33. The average molecular weight is 321 g/mol. The van der Waals surface area contributed by atoms with Gasteiger partial charge in [-0.05, 0) is 25.6 Å². The van der Waals surface area contributed by atoms with E-state index in [-0.39, 0.29) is 10.8 Å². The predicted octanol–water partition coefficient (Wildman–Crippen LogP) is 3.24. The summed E-state index contributed by atoms with van der Waals surface area (Å²) in [4.78, 5) is 6.97. The van der Waals surface area contributed by atoms with Crippen LogP contribution in [0.2, 0.25) is 0 Å². The van der Waals surface area contributed by atoms with Crippen molar-refractivity contribution in [2.45, 2.75) is 29.4 Å². The van der Waals surface area contributed by atoms with Gasteiger partial charge in [0, 0.05) is 12.6 Å². The lowest BCUT2D eigenvalue weighted by Crippen LogP contribution is -2.13. The average Bonchev–Trinajstić information content (AvgIpc) is 2.74. The van der Waals surface area contributed by atoms with Crippen LogP contribution in [0, 0.1) is 6.92 Å². The number of nitrogens with zero attached hydrogens (tertiary/aromatic N) is 4. The number of hydrogen-bond acceptors (Lipinski definition) is 7. The van der Waals surface area contributed by atoms with E-state index in [2.05, 4.69) is 25.5 Å².